The molecule has 1 aromatic carbocycles. The van der Waals surface area contributed by atoms with E-state index in [1.54, 1.807) is 0 Å². The van der Waals surface area contributed by atoms with Gasteiger partial charge in [0.15, 0.2) is 0 Å². The fourth-order valence-corrected chi connectivity index (χ4v) is 3.99. The number of aromatic amines is 1. The van der Waals surface area contributed by atoms with Crippen molar-refractivity contribution < 1.29 is 4.39 Å². The molecule has 0 radical (unpaired) electrons. The predicted molar refractivity (Wildman–Crippen MR) is 90.7 cm³/mol. The van der Waals surface area contributed by atoms with Crippen molar-refractivity contribution >= 4 is 27.2 Å². The van der Waals surface area contributed by atoms with Gasteiger partial charge in [0.1, 0.15) is 16.3 Å². The zero-order valence-corrected chi connectivity index (χ0v) is 13.5. The molecular weight excluding hydrogens is 313 g/mol. The summed E-state index contributed by atoms with van der Waals surface area (Å²) < 4.78 is 15.0. The van der Waals surface area contributed by atoms with Crippen LogP contribution < -0.4 is 10.5 Å². The Morgan fingerprint density at radius 3 is 3.13 bits per heavy atom. The number of aryl methyl sites for hydroxylation is 1. The minimum atomic E-state index is -0.204. The number of aromatic nitrogens is 2. The first-order valence-corrected chi connectivity index (χ1v) is 8.51. The van der Waals surface area contributed by atoms with Crippen LogP contribution in [-0.4, -0.2) is 16.5 Å². The van der Waals surface area contributed by atoms with Crippen molar-refractivity contribution in [2.24, 2.45) is 0 Å². The van der Waals surface area contributed by atoms with Crippen LogP contribution >= 0.6 is 11.3 Å². The first-order chi connectivity index (χ1) is 11.1. The molecule has 4 rings (SSSR count). The summed E-state index contributed by atoms with van der Waals surface area (Å²) in [5.41, 5.74) is 3.41. The second-order valence-electron chi connectivity index (χ2n) is 5.86. The van der Waals surface area contributed by atoms with E-state index in [4.69, 9.17) is 0 Å². The molecule has 3 heterocycles. The third-order valence-corrected chi connectivity index (χ3v) is 5.25. The number of nitrogens with one attached hydrogen (secondary N) is 1. The molecule has 0 saturated heterocycles. The first kappa shape index (κ1) is 14.4. The van der Waals surface area contributed by atoms with Gasteiger partial charge in [-0.1, -0.05) is 6.07 Å². The van der Waals surface area contributed by atoms with Crippen LogP contribution in [0.25, 0.3) is 10.2 Å². The maximum absolute atomic E-state index is 14.4. The third kappa shape index (κ3) is 2.43. The number of fused-ring (bicyclic) bond motifs is 2. The molecule has 0 spiro atoms. The molecule has 1 N–H and O–H groups in total. The number of nitrogens with zero attached hydrogens (tertiary/aromatic N) is 2. The Bertz CT molecular complexity index is 947. The predicted octanol–water partition coefficient (Wildman–Crippen LogP) is 3.38. The lowest BCUT2D eigenvalue weighted by Crippen LogP contribution is -2.31. The van der Waals surface area contributed by atoms with Crippen LogP contribution in [0.1, 0.15) is 23.4 Å². The van der Waals surface area contributed by atoms with E-state index in [9.17, 15) is 9.18 Å². The van der Waals surface area contributed by atoms with Crippen LogP contribution in [0.2, 0.25) is 0 Å². The average Bonchev–Trinajstić information content (AvgIpc) is 3.00. The fraction of sp³-hybridized carbons (Fsp3) is 0.294. The summed E-state index contributed by atoms with van der Waals surface area (Å²) in [6.07, 6.45) is 1.87. The van der Waals surface area contributed by atoms with Gasteiger partial charge in [0.2, 0.25) is 0 Å². The molecule has 0 aliphatic carbocycles. The Hall–Kier alpha value is -2.21. The van der Waals surface area contributed by atoms with Crippen molar-refractivity contribution in [2.45, 2.75) is 26.3 Å². The van der Waals surface area contributed by atoms with Crippen LogP contribution in [0, 0.1) is 12.7 Å². The number of thiophene rings is 1. The summed E-state index contributed by atoms with van der Waals surface area (Å²) in [4.78, 5) is 21.4. The quantitative estimate of drug-likeness (QED) is 0.784. The Kier molecular flexibility index (Phi) is 3.41. The lowest BCUT2D eigenvalue weighted by Gasteiger charge is -2.32. The molecule has 2 aromatic heterocycles. The highest BCUT2D eigenvalue weighted by Crippen LogP contribution is 2.33. The van der Waals surface area contributed by atoms with Crippen LogP contribution in [-0.2, 0) is 13.0 Å². The second kappa shape index (κ2) is 5.45. The molecule has 0 amide bonds. The molecule has 23 heavy (non-hydrogen) atoms. The zero-order chi connectivity index (χ0) is 16.0. The molecule has 0 saturated carbocycles. The van der Waals surface area contributed by atoms with Gasteiger partial charge >= 0.3 is 0 Å². The Morgan fingerprint density at radius 2 is 2.26 bits per heavy atom. The number of hydrogen-bond acceptors (Lipinski definition) is 4. The van der Waals surface area contributed by atoms with Crippen molar-refractivity contribution in [2.75, 3.05) is 11.4 Å². The molecule has 1 aliphatic rings. The van der Waals surface area contributed by atoms with E-state index in [-0.39, 0.29) is 11.4 Å². The van der Waals surface area contributed by atoms with Crippen LogP contribution in [0.15, 0.2) is 28.4 Å². The summed E-state index contributed by atoms with van der Waals surface area (Å²) in [6.45, 7) is 3.19. The normalized spacial score (nSPS) is 14.3. The van der Waals surface area contributed by atoms with Crippen LogP contribution in [0.5, 0.6) is 0 Å². The van der Waals surface area contributed by atoms with Gasteiger partial charge in [-0.25, -0.2) is 9.37 Å². The van der Waals surface area contributed by atoms with E-state index in [2.05, 4.69) is 9.97 Å². The molecular formula is C17H16FN3OS. The molecule has 4 nitrogen and oxygen atoms in total. The standard InChI is InChI=1S/C17H16FN3OS/c1-10-4-5-12(18)15-11(10)3-2-7-21(15)9-14-19-13-6-8-23-16(13)17(22)20-14/h4-6,8H,2-3,7,9H2,1H3,(H,19,20,22). The summed E-state index contributed by atoms with van der Waals surface area (Å²) in [6, 6.07) is 5.19. The first-order valence-electron chi connectivity index (χ1n) is 7.63. The second-order valence-corrected chi connectivity index (χ2v) is 6.78. The molecule has 0 fully saturated rings. The van der Waals surface area contributed by atoms with Crippen molar-refractivity contribution in [1.29, 1.82) is 0 Å². The van der Waals surface area contributed by atoms with Gasteiger partial charge in [-0.2, -0.15) is 0 Å². The smallest absolute Gasteiger partial charge is 0.268 e. The van der Waals surface area contributed by atoms with Gasteiger partial charge < -0.3 is 9.88 Å². The topological polar surface area (TPSA) is 49.0 Å². The monoisotopic (exact) mass is 329 g/mol. The summed E-state index contributed by atoms with van der Waals surface area (Å²) in [7, 11) is 0. The third-order valence-electron chi connectivity index (χ3n) is 4.34. The minimum absolute atomic E-state index is 0.123. The highest BCUT2D eigenvalue weighted by molar-refractivity contribution is 7.17. The van der Waals surface area contributed by atoms with E-state index >= 15 is 0 Å². The van der Waals surface area contributed by atoms with Crippen molar-refractivity contribution in [3.63, 3.8) is 0 Å². The lowest BCUT2D eigenvalue weighted by molar-refractivity contribution is 0.590. The summed E-state index contributed by atoms with van der Waals surface area (Å²) in [5.74, 6) is 0.374. The van der Waals surface area contributed by atoms with Gasteiger partial charge in [0.25, 0.3) is 5.56 Å². The highest BCUT2D eigenvalue weighted by atomic mass is 32.1. The number of rotatable bonds is 2. The average molecular weight is 329 g/mol. The summed E-state index contributed by atoms with van der Waals surface area (Å²) >= 11 is 1.38. The number of hydrogen-bond donors (Lipinski definition) is 1. The number of halogens is 1. The van der Waals surface area contributed by atoms with Gasteiger partial charge in [0, 0.05) is 6.54 Å². The van der Waals surface area contributed by atoms with E-state index in [0.717, 1.165) is 30.5 Å². The molecule has 6 heteroatoms. The Morgan fingerprint density at radius 1 is 1.39 bits per heavy atom. The van der Waals surface area contributed by atoms with E-state index in [1.165, 1.54) is 17.4 Å². The number of anilines is 1. The molecule has 0 atom stereocenters. The largest absolute Gasteiger partial charge is 0.361 e. The highest BCUT2D eigenvalue weighted by Gasteiger charge is 2.23. The van der Waals surface area contributed by atoms with Gasteiger partial charge in [-0.3, -0.25) is 4.79 Å². The van der Waals surface area contributed by atoms with Gasteiger partial charge in [-0.15, -0.1) is 11.3 Å². The van der Waals surface area contributed by atoms with E-state index in [1.807, 2.05) is 29.3 Å². The molecule has 0 unspecified atom stereocenters. The minimum Gasteiger partial charge on any atom is -0.361 e. The lowest BCUT2D eigenvalue weighted by atomic mass is 9.96. The molecule has 1 aliphatic heterocycles. The van der Waals surface area contributed by atoms with Crippen LogP contribution in [0.4, 0.5) is 10.1 Å². The SMILES string of the molecule is Cc1ccc(F)c2c1CCCN2Cc1nc2ccsc2c(=O)[nH]1. The maximum atomic E-state index is 14.4. The molecule has 118 valence electrons. The summed E-state index contributed by atoms with van der Waals surface area (Å²) in [5, 5.41) is 1.86. The van der Waals surface area contributed by atoms with Crippen LogP contribution in [0.3, 0.4) is 0 Å². The van der Waals surface area contributed by atoms with Gasteiger partial charge in [-0.05, 0) is 48.4 Å². The molecule has 3 aromatic rings. The van der Waals surface area contributed by atoms with E-state index < -0.39 is 0 Å². The fourth-order valence-electron chi connectivity index (χ4n) is 3.26. The van der Waals surface area contributed by atoms with E-state index in [0.29, 0.717) is 28.3 Å². The number of benzene rings is 1. The number of H-pyrrole nitrogens is 1. The Labute approximate surface area is 136 Å². The maximum Gasteiger partial charge on any atom is 0.268 e. The Balaban J connectivity index is 1.75. The van der Waals surface area contributed by atoms with Crippen molar-refractivity contribution in [3.8, 4) is 0 Å². The zero-order valence-electron chi connectivity index (χ0n) is 12.7. The van der Waals surface area contributed by atoms with Gasteiger partial charge in [0.05, 0.1) is 17.7 Å². The van der Waals surface area contributed by atoms with Crippen molar-refractivity contribution in [3.05, 3.63) is 56.7 Å². The van der Waals surface area contributed by atoms with Crippen molar-refractivity contribution in [1.82, 2.24) is 9.97 Å². The molecule has 0 bridgehead atoms.